The summed E-state index contributed by atoms with van der Waals surface area (Å²) in [5.74, 6) is 0. The molecule has 0 aromatic rings. The molecule has 0 spiro atoms. The highest BCUT2D eigenvalue weighted by Crippen LogP contribution is 1.97. The van der Waals surface area contributed by atoms with Crippen molar-refractivity contribution < 1.29 is 4.74 Å². The van der Waals surface area contributed by atoms with Gasteiger partial charge in [0.05, 0.1) is 6.61 Å². The fourth-order valence-corrected chi connectivity index (χ4v) is 0.320. The number of ether oxygens (including phenoxy) is 1. The first-order valence-electron chi connectivity index (χ1n) is 3.87. The van der Waals surface area contributed by atoms with E-state index < -0.39 is 0 Å². The molecular weight excluding hydrogens is 174 g/mol. The standard InChI is InChI=1S/C6H11ClO.C3H9N/c1-5(2)4-8-6(3)7;1-4(2)3/h6H,1,4H2,2-3H3;1-3H3. The molecule has 0 heterocycles. The Morgan fingerprint density at radius 2 is 1.83 bits per heavy atom. The van der Waals surface area contributed by atoms with Crippen LogP contribution in [-0.2, 0) is 4.74 Å². The smallest absolute Gasteiger partial charge is 0.128 e. The van der Waals surface area contributed by atoms with Crippen LogP contribution in [0.5, 0.6) is 0 Å². The van der Waals surface area contributed by atoms with Crippen molar-refractivity contribution in [1.82, 2.24) is 4.90 Å². The van der Waals surface area contributed by atoms with Crippen molar-refractivity contribution in [1.29, 1.82) is 0 Å². The molecule has 0 N–H and O–H groups in total. The van der Waals surface area contributed by atoms with Crippen molar-refractivity contribution in [2.24, 2.45) is 0 Å². The summed E-state index contributed by atoms with van der Waals surface area (Å²) in [4.78, 5) is 2.00. The van der Waals surface area contributed by atoms with Gasteiger partial charge in [-0.2, -0.15) is 0 Å². The van der Waals surface area contributed by atoms with Gasteiger partial charge in [0.1, 0.15) is 5.56 Å². The van der Waals surface area contributed by atoms with Crippen molar-refractivity contribution in [2.45, 2.75) is 19.4 Å². The topological polar surface area (TPSA) is 12.5 Å². The summed E-state index contributed by atoms with van der Waals surface area (Å²) in [6, 6.07) is 0. The predicted molar refractivity (Wildman–Crippen MR) is 55.7 cm³/mol. The quantitative estimate of drug-likeness (QED) is 0.504. The minimum atomic E-state index is -0.202. The first kappa shape index (κ1) is 14.5. The highest BCUT2D eigenvalue weighted by molar-refractivity contribution is 6.19. The molecular formula is C9H20ClNO. The van der Waals surface area contributed by atoms with Crippen LogP contribution in [0.3, 0.4) is 0 Å². The van der Waals surface area contributed by atoms with E-state index in [1.54, 1.807) is 6.92 Å². The second-order valence-electron chi connectivity index (χ2n) is 3.15. The molecule has 0 fully saturated rings. The van der Waals surface area contributed by atoms with Gasteiger partial charge in [-0.3, -0.25) is 0 Å². The van der Waals surface area contributed by atoms with Gasteiger partial charge in [0.2, 0.25) is 0 Å². The molecule has 1 atom stereocenters. The second kappa shape index (κ2) is 9.04. The number of alkyl halides is 1. The molecule has 0 aliphatic rings. The largest absolute Gasteiger partial charge is 0.358 e. The minimum Gasteiger partial charge on any atom is -0.358 e. The molecule has 3 heteroatoms. The summed E-state index contributed by atoms with van der Waals surface area (Å²) in [5, 5.41) is 0. The number of halogens is 1. The van der Waals surface area contributed by atoms with Crippen LogP contribution in [-0.4, -0.2) is 38.2 Å². The van der Waals surface area contributed by atoms with Gasteiger partial charge >= 0.3 is 0 Å². The molecule has 0 radical (unpaired) electrons. The Kier molecular flexibility index (Phi) is 10.9. The lowest BCUT2D eigenvalue weighted by molar-refractivity contribution is 0.141. The third-order valence-electron chi connectivity index (χ3n) is 0.559. The Hall–Kier alpha value is -0.0500. The van der Waals surface area contributed by atoms with Gasteiger partial charge in [-0.1, -0.05) is 23.8 Å². The zero-order valence-corrected chi connectivity index (χ0v) is 9.48. The highest BCUT2D eigenvalue weighted by Gasteiger charge is 1.92. The van der Waals surface area contributed by atoms with Crippen LogP contribution >= 0.6 is 11.6 Å². The fourth-order valence-electron chi connectivity index (χ4n) is 0.257. The van der Waals surface area contributed by atoms with Crippen molar-refractivity contribution in [3.8, 4) is 0 Å². The normalized spacial score (nSPS) is 11.9. The van der Waals surface area contributed by atoms with Gasteiger partial charge in [0, 0.05) is 0 Å². The van der Waals surface area contributed by atoms with Gasteiger partial charge in [-0.15, -0.1) is 0 Å². The third-order valence-corrected chi connectivity index (χ3v) is 0.685. The Morgan fingerprint density at radius 3 is 1.92 bits per heavy atom. The average Bonchev–Trinajstić information content (AvgIpc) is 1.82. The maximum atomic E-state index is 5.46. The molecule has 0 amide bonds. The predicted octanol–water partition coefficient (Wildman–Crippen LogP) is 2.34. The van der Waals surface area contributed by atoms with Crippen LogP contribution < -0.4 is 0 Å². The molecule has 0 aliphatic carbocycles. The molecule has 74 valence electrons. The van der Waals surface area contributed by atoms with Gasteiger partial charge in [0.25, 0.3) is 0 Å². The van der Waals surface area contributed by atoms with Crippen LogP contribution in [0.15, 0.2) is 12.2 Å². The number of hydrogen-bond acceptors (Lipinski definition) is 2. The van der Waals surface area contributed by atoms with Gasteiger partial charge in [-0.25, -0.2) is 0 Å². The van der Waals surface area contributed by atoms with E-state index in [1.165, 1.54) is 0 Å². The monoisotopic (exact) mass is 193 g/mol. The number of nitrogens with zero attached hydrogens (tertiary/aromatic N) is 1. The summed E-state index contributed by atoms with van der Waals surface area (Å²) in [7, 11) is 6.00. The molecule has 0 bridgehead atoms. The molecule has 0 saturated carbocycles. The van der Waals surface area contributed by atoms with Crippen molar-refractivity contribution in [3.05, 3.63) is 12.2 Å². The summed E-state index contributed by atoms with van der Waals surface area (Å²) >= 11 is 5.46. The first-order chi connectivity index (χ1) is 5.36. The van der Waals surface area contributed by atoms with Crippen LogP contribution in [0.4, 0.5) is 0 Å². The van der Waals surface area contributed by atoms with Gasteiger partial charge < -0.3 is 9.64 Å². The van der Waals surface area contributed by atoms with Crippen molar-refractivity contribution >= 4 is 11.6 Å². The molecule has 0 rings (SSSR count). The van der Waals surface area contributed by atoms with E-state index in [-0.39, 0.29) is 5.56 Å². The summed E-state index contributed by atoms with van der Waals surface area (Å²) in [6.07, 6.45) is 0. The van der Waals surface area contributed by atoms with Crippen molar-refractivity contribution in [3.63, 3.8) is 0 Å². The van der Waals surface area contributed by atoms with E-state index in [4.69, 9.17) is 16.3 Å². The summed E-state index contributed by atoms with van der Waals surface area (Å²) < 4.78 is 4.97. The third kappa shape index (κ3) is 32.5. The SMILES string of the molecule is C=C(C)COC(C)Cl.CN(C)C. The van der Waals surface area contributed by atoms with Gasteiger partial charge in [0.15, 0.2) is 0 Å². The van der Waals surface area contributed by atoms with Crippen molar-refractivity contribution in [2.75, 3.05) is 27.7 Å². The minimum absolute atomic E-state index is 0.202. The van der Waals surface area contributed by atoms with E-state index in [9.17, 15) is 0 Å². The molecule has 0 aromatic carbocycles. The molecule has 0 saturated heterocycles. The highest BCUT2D eigenvalue weighted by atomic mass is 35.5. The fraction of sp³-hybridized carbons (Fsp3) is 0.778. The van der Waals surface area contributed by atoms with Crippen LogP contribution in [0, 0.1) is 0 Å². The lowest BCUT2D eigenvalue weighted by Crippen LogP contribution is -2.00. The Balaban J connectivity index is 0. The van der Waals surface area contributed by atoms with Gasteiger partial charge in [-0.05, 0) is 35.0 Å². The first-order valence-corrected chi connectivity index (χ1v) is 4.31. The zero-order chi connectivity index (χ0) is 10.1. The lowest BCUT2D eigenvalue weighted by atomic mass is 10.4. The lowest BCUT2D eigenvalue weighted by Gasteiger charge is -2.03. The van der Waals surface area contributed by atoms with E-state index in [2.05, 4.69) is 6.58 Å². The molecule has 1 unspecified atom stereocenters. The summed E-state index contributed by atoms with van der Waals surface area (Å²) in [6.45, 7) is 7.89. The van der Waals surface area contributed by atoms with E-state index in [0.717, 1.165) is 5.57 Å². The van der Waals surface area contributed by atoms with E-state index >= 15 is 0 Å². The van der Waals surface area contributed by atoms with Crippen LogP contribution in [0.2, 0.25) is 0 Å². The Bertz CT molecular complexity index is 110. The van der Waals surface area contributed by atoms with Crippen LogP contribution in [0.25, 0.3) is 0 Å². The summed E-state index contributed by atoms with van der Waals surface area (Å²) in [5.41, 5.74) is 0.796. The average molecular weight is 194 g/mol. The zero-order valence-electron chi connectivity index (χ0n) is 8.72. The second-order valence-corrected chi connectivity index (χ2v) is 3.77. The number of rotatable bonds is 3. The Morgan fingerprint density at radius 1 is 1.50 bits per heavy atom. The molecule has 2 nitrogen and oxygen atoms in total. The molecule has 0 aromatic heterocycles. The number of hydrogen-bond donors (Lipinski definition) is 0. The maximum Gasteiger partial charge on any atom is 0.128 e. The van der Waals surface area contributed by atoms with E-state index in [0.29, 0.717) is 6.61 Å². The van der Waals surface area contributed by atoms with E-state index in [1.807, 2.05) is 33.0 Å². The Labute approximate surface area is 81.2 Å². The molecule has 12 heavy (non-hydrogen) atoms. The van der Waals surface area contributed by atoms with Crippen LogP contribution in [0.1, 0.15) is 13.8 Å². The molecule has 0 aliphatic heterocycles. The maximum absolute atomic E-state index is 5.46.